The number of hydrogen-bond acceptors (Lipinski definition) is 3. The van der Waals surface area contributed by atoms with Crippen LogP contribution in [0.1, 0.15) is 31.2 Å². The van der Waals surface area contributed by atoms with E-state index in [2.05, 4.69) is 9.97 Å². The minimum atomic E-state index is 0.0319. The lowest BCUT2D eigenvalue weighted by molar-refractivity contribution is 0.228. The number of hydrogen-bond donors (Lipinski definition) is 1. The molecule has 1 saturated carbocycles. The van der Waals surface area contributed by atoms with E-state index in [0.29, 0.717) is 16.9 Å². The van der Waals surface area contributed by atoms with Crippen molar-refractivity contribution in [2.24, 2.45) is 5.73 Å². The Labute approximate surface area is 99.0 Å². The summed E-state index contributed by atoms with van der Waals surface area (Å²) in [5, 5.41) is 0.950. The highest BCUT2D eigenvalue weighted by atomic mass is 35.5. The molecule has 0 saturated heterocycles. The van der Waals surface area contributed by atoms with Crippen LogP contribution in [0.4, 0.5) is 0 Å². The minimum absolute atomic E-state index is 0.0319. The summed E-state index contributed by atoms with van der Waals surface area (Å²) in [7, 11) is 0. The van der Waals surface area contributed by atoms with Gasteiger partial charge >= 0.3 is 0 Å². The highest BCUT2D eigenvalue weighted by Crippen LogP contribution is 2.49. The number of nitrogens with zero attached hydrogens (tertiary/aromatic N) is 2. The molecule has 2 rings (SSSR count). The van der Waals surface area contributed by atoms with Gasteiger partial charge < -0.3 is 5.73 Å². The van der Waals surface area contributed by atoms with Crippen LogP contribution >= 0.6 is 23.2 Å². The van der Waals surface area contributed by atoms with Crippen molar-refractivity contribution < 1.29 is 0 Å². The maximum absolute atomic E-state index is 6.09. The van der Waals surface area contributed by atoms with E-state index >= 15 is 0 Å². The molecule has 3 nitrogen and oxygen atoms in total. The predicted molar refractivity (Wildman–Crippen MR) is 61.3 cm³/mol. The van der Waals surface area contributed by atoms with E-state index in [4.69, 9.17) is 28.9 Å². The van der Waals surface area contributed by atoms with Crippen LogP contribution in [-0.2, 0) is 5.41 Å². The lowest BCUT2D eigenvalue weighted by Crippen LogP contribution is -2.37. The number of aromatic nitrogens is 2. The molecular formula is C10H13Cl2N3. The minimum Gasteiger partial charge on any atom is -0.330 e. The van der Waals surface area contributed by atoms with Gasteiger partial charge in [0.1, 0.15) is 16.6 Å². The molecular weight excluding hydrogens is 233 g/mol. The Morgan fingerprint density at radius 2 is 1.87 bits per heavy atom. The maximum Gasteiger partial charge on any atom is 0.137 e. The topological polar surface area (TPSA) is 51.8 Å². The second-order valence-electron chi connectivity index (χ2n) is 4.00. The highest BCUT2D eigenvalue weighted by molar-refractivity contribution is 6.34. The molecule has 0 bridgehead atoms. The van der Waals surface area contributed by atoms with Crippen molar-refractivity contribution >= 4 is 23.2 Å². The zero-order chi connectivity index (χ0) is 10.9. The SMILES string of the molecule is NCCC1(c2c(Cl)ncnc2Cl)CCC1. The monoisotopic (exact) mass is 245 g/mol. The largest absolute Gasteiger partial charge is 0.330 e. The summed E-state index contributed by atoms with van der Waals surface area (Å²) in [5.41, 5.74) is 6.56. The van der Waals surface area contributed by atoms with Crippen molar-refractivity contribution in [3.05, 3.63) is 22.2 Å². The molecule has 0 unspecified atom stereocenters. The summed E-state index contributed by atoms with van der Waals surface area (Å²) in [5.74, 6) is 0. The smallest absolute Gasteiger partial charge is 0.137 e. The van der Waals surface area contributed by atoms with E-state index in [9.17, 15) is 0 Å². The van der Waals surface area contributed by atoms with Crippen LogP contribution < -0.4 is 5.73 Å². The molecule has 82 valence electrons. The Hall–Kier alpha value is -0.380. The molecule has 0 aromatic carbocycles. The molecule has 1 heterocycles. The molecule has 0 atom stereocenters. The van der Waals surface area contributed by atoms with Crippen molar-refractivity contribution in [2.75, 3.05) is 6.54 Å². The first-order valence-corrected chi connectivity index (χ1v) is 5.82. The molecule has 15 heavy (non-hydrogen) atoms. The molecule has 1 fully saturated rings. The van der Waals surface area contributed by atoms with Gasteiger partial charge in [0.2, 0.25) is 0 Å². The van der Waals surface area contributed by atoms with Gasteiger partial charge in [0.25, 0.3) is 0 Å². The molecule has 2 N–H and O–H groups in total. The van der Waals surface area contributed by atoms with Crippen LogP contribution in [0, 0.1) is 0 Å². The Balaban J connectivity index is 2.42. The summed E-state index contributed by atoms with van der Waals surface area (Å²) < 4.78 is 0. The summed E-state index contributed by atoms with van der Waals surface area (Å²) in [6.45, 7) is 0.640. The number of nitrogens with two attached hydrogens (primary N) is 1. The van der Waals surface area contributed by atoms with Crippen LogP contribution in [0.15, 0.2) is 6.33 Å². The van der Waals surface area contributed by atoms with Crippen molar-refractivity contribution in [1.82, 2.24) is 9.97 Å². The zero-order valence-electron chi connectivity index (χ0n) is 8.34. The van der Waals surface area contributed by atoms with Crippen molar-refractivity contribution in [3.8, 4) is 0 Å². The van der Waals surface area contributed by atoms with E-state index in [0.717, 1.165) is 24.8 Å². The second-order valence-corrected chi connectivity index (χ2v) is 4.72. The third-order valence-corrected chi connectivity index (χ3v) is 3.79. The van der Waals surface area contributed by atoms with Gasteiger partial charge in [-0.15, -0.1) is 0 Å². The van der Waals surface area contributed by atoms with Gasteiger partial charge in [-0.1, -0.05) is 29.6 Å². The Morgan fingerprint density at radius 1 is 1.27 bits per heavy atom. The van der Waals surface area contributed by atoms with Crippen LogP contribution in [0.3, 0.4) is 0 Å². The Morgan fingerprint density at radius 3 is 2.27 bits per heavy atom. The molecule has 1 aliphatic rings. The quantitative estimate of drug-likeness (QED) is 0.834. The Kier molecular flexibility index (Phi) is 3.14. The van der Waals surface area contributed by atoms with Crippen LogP contribution in [0.25, 0.3) is 0 Å². The molecule has 1 aliphatic carbocycles. The van der Waals surface area contributed by atoms with Crippen molar-refractivity contribution in [2.45, 2.75) is 31.1 Å². The van der Waals surface area contributed by atoms with Gasteiger partial charge in [-0.2, -0.15) is 0 Å². The molecule has 1 aromatic heterocycles. The predicted octanol–water partition coefficient (Wildman–Crippen LogP) is 2.55. The molecule has 1 aromatic rings. The lowest BCUT2D eigenvalue weighted by Gasteiger charge is -2.42. The summed E-state index contributed by atoms with van der Waals surface area (Å²) in [6.07, 6.45) is 5.65. The molecule has 0 aliphatic heterocycles. The lowest BCUT2D eigenvalue weighted by atomic mass is 9.63. The first-order valence-electron chi connectivity index (χ1n) is 5.06. The fraction of sp³-hybridized carbons (Fsp3) is 0.600. The molecule has 5 heteroatoms. The summed E-state index contributed by atoms with van der Waals surface area (Å²) in [6, 6.07) is 0. The van der Waals surface area contributed by atoms with E-state index in [1.807, 2.05) is 0 Å². The third-order valence-electron chi connectivity index (χ3n) is 3.22. The molecule has 0 spiro atoms. The van der Waals surface area contributed by atoms with Crippen LogP contribution in [0.5, 0.6) is 0 Å². The summed E-state index contributed by atoms with van der Waals surface area (Å²) in [4.78, 5) is 8.00. The van der Waals surface area contributed by atoms with Crippen molar-refractivity contribution in [3.63, 3.8) is 0 Å². The Bertz CT molecular complexity index is 343. The first kappa shape index (κ1) is 11.1. The standard InChI is InChI=1S/C10H13Cl2N3/c11-8-7(9(12)15-6-14-8)10(4-5-13)2-1-3-10/h6H,1-5,13H2. The molecule has 0 radical (unpaired) electrons. The van der Waals surface area contributed by atoms with Crippen LogP contribution in [-0.4, -0.2) is 16.5 Å². The van der Waals surface area contributed by atoms with Crippen LogP contribution in [0.2, 0.25) is 10.3 Å². The molecule has 0 amide bonds. The fourth-order valence-electron chi connectivity index (χ4n) is 2.29. The van der Waals surface area contributed by atoms with Gasteiger partial charge in [-0.3, -0.25) is 0 Å². The zero-order valence-corrected chi connectivity index (χ0v) is 9.85. The maximum atomic E-state index is 6.09. The number of rotatable bonds is 3. The van der Waals surface area contributed by atoms with Gasteiger partial charge in [0.15, 0.2) is 0 Å². The van der Waals surface area contributed by atoms with E-state index in [-0.39, 0.29) is 5.41 Å². The van der Waals surface area contributed by atoms with Crippen molar-refractivity contribution in [1.29, 1.82) is 0 Å². The van der Waals surface area contributed by atoms with E-state index < -0.39 is 0 Å². The summed E-state index contributed by atoms with van der Waals surface area (Å²) >= 11 is 12.2. The van der Waals surface area contributed by atoms with Gasteiger partial charge in [-0.05, 0) is 25.8 Å². The fourth-order valence-corrected chi connectivity index (χ4v) is 3.00. The van der Waals surface area contributed by atoms with Gasteiger partial charge in [0.05, 0.1) is 0 Å². The number of halogens is 2. The third kappa shape index (κ3) is 1.84. The van der Waals surface area contributed by atoms with E-state index in [1.165, 1.54) is 12.7 Å². The van der Waals surface area contributed by atoms with Gasteiger partial charge in [0, 0.05) is 11.0 Å². The normalized spacial score (nSPS) is 18.6. The van der Waals surface area contributed by atoms with E-state index in [1.54, 1.807) is 0 Å². The first-order chi connectivity index (χ1) is 7.19. The highest BCUT2D eigenvalue weighted by Gasteiger charge is 2.41. The average Bonchev–Trinajstić information content (AvgIpc) is 2.13. The average molecular weight is 246 g/mol. The second kappa shape index (κ2) is 4.24. The van der Waals surface area contributed by atoms with Gasteiger partial charge in [-0.25, -0.2) is 9.97 Å².